The third-order valence-electron chi connectivity index (χ3n) is 4.79. The van der Waals surface area contributed by atoms with Gasteiger partial charge in [-0.05, 0) is 12.8 Å². The van der Waals surface area contributed by atoms with Crippen molar-refractivity contribution in [1.82, 2.24) is 0 Å². The molecule has 7 heteroatoms. The summed E-state index contributed by atoms with van der Waals surface area (Å²) in [5, 5.41) is 0. The molecule has 4 nitrogen and oxygen atoms in total. The van der Waals surface area contributed by atoms with E-state index in [4.69, 9.17) is 18.9 Å². The van der Waals surface area contributed by atoms with Crippen LogP contribution in [0, 0.1) is 0 Å². The van der Waals surface area contributed by atoms with E-state index in [0.29, 0.717) is 19.6 Å². The van der Waals surface area contributed by atoms with E-state index in [9.17, 15) is 13.2 Å². The maximum absolute atomic E-state index is 12.2. The van der Waals surface area contributed by atoms with Crippen LogP contribution < -0.4 is 0 Å². The normalized spacial score (nSPS) is 25.7. The summed E-state index contributed by atoms with van der Waals surface area (Å²) in [5.41, 5.74) is 0.817. The second-order valence-electron chi connectivity index (χ2n) is 7.38. The Kier molecular flexibility index (Phi) is 10.5. The van der Waals surface area contributed by atoms with Gasteiger partial charge in [-0.2, -0.15) is 13.2 Å². The van der Waals surface area contributed by atoms with Gasteiger partial charge in [-0.3, -0.25) is 0 Å². The van der Waals surface area contributed by atoms with E-state index in [1.54, 1.807) is 12.2 Å². The number of rotatable bonds is 12. The minimum Gasteiger partial charge on any atom is -0.373 e. The van der Waals surface area contributed by atoms with Crippen LogP contribution in [0.25, 0.3) is 0 Å². The minimum absolute atomic E-state index is 0.0626. The smallest absolute Gasteiger partial charge is 0.373 e. The molecule has 0 N–H and O–H groups in total. The molecule has 0 radical (unpaired) electrons. The van der Waals surface area contributed by atoms with E-state index in [1.807, 2.05) is 6.08 Å². The molecule has 1 atom stereocenters. The highest BCUT2D eigenvalue weighted by molar-refractivity contribution is 5.27. The zero-order valence-electron chi connectivity index (χ0n) is 16.7. The van der Waals surface area contributed by atoms with Gasteiger partial charge in [-0.15, -0.1) is 0 Å². The largest absolute Gasteiger partial charge is 0.411 e. The molecule has 0 spiro atoms. The highest BCUT2D eigenvalue weighted by Gasteiger charge is 2.30. The van der Waals surface area contributed by atoms with E-state index < -0.39 is 25.2 Å². The maximum atomic E-state index is 12.2. The fourth-order valence-electron chi connectivity index (χ4n) is 3.20. The number of halogens is 3. The van der Waals surface area contributed by atoms with Crippen molar-refractivity contribution in [2.24, 2.45) is 0 Å². The monoisotopic (exact) mass is 406 g/mol. The molecule has 0 bridgehead atoms. The topological polar surface area (TPSA) is 36.9 Å². The van der Waals surface area contributed by atoms with Gasteiger partial charge in [-0.25, -0.2) is 0 Å². The van der Waals surface area contributed by atoms with Gasteiger partial charge in [0.15, 0.2) is 6.29 Å². The van der Waals surface area contributed by atoms with Crippen molar-refractivity contribution in [2.75, 3.05) is 26.4 Å². The number of hydrogen-bond acceptors (Lipinski definition) is 4. The van der Waals surface area contributed by atoms with Crippen LogP contribution in [-0.4, -0.2) is 51.1 Å². The van der Waals surface area contributed by atoms with Gasteiger partial charge in [0.25, 0.3) is 0 Å². The van der Waals surface area contributed by atoms with Crippen LogP contribution in [0.3, 0.4) is 0 Å². The lowest BCUT2D eigenvalue weighted by atomic mass is 10.0. The number of hydrogen-bond donors (Lipinski definition) is 0. The molecular formula is C21H33F3O4. The van der Waals surface area contributed by atoms with Crippen LogP contribution in [0.4, 0.5) is 13.2 Å². The summed E-state index contributed by atoms with van der Waals surface area (Å²) >= 11 is 0. The van der Waals surface area contributed by atoms with Gasteiger partial charge >= 0.3 is 6.18 Å². The molecule has 0 aromatic rings. The van der Waals surface area contributed by atoms with E-state index >= 15 is 0 Å². The zero-order chi connectivity index (χ0) is 20.2. The second-order valence-corrected chi connectivity index (χ2v) is 7.38. The molecule has 1 saturated heterocycles. The van der Waals surface area contributed by atoms with Gasteiger partial charge < -0.3 is 18.9 Å². The summed E-state index contributed by atoms with van der Waals surface area (Å²) in [7, 11) is 0. The van der Waals surface area contributed by atoms with Crippen molar-refractivity contribution < 1.29 is 32.1 Å². The Morgan fingerprint density at radius 1 is 1.00 bits per heavy atom. The first kappa shape index (κ1) is 23.4. The molecule has 0 saturated carbocycles. The fourth-order valence-corrected chi connectivity index (χ4v) is 3.20. The minimum atomic E-state index is -4.31. The molecule has 28 heavy (non-hydrogen) atoms. The molecular weight excluding hydrogens is 373 g/mol. The quantitative estimate of drug-likeness (QED) is 0.411. The fraction of sp³-hybridized carbons (Fsp3) is 0.810. The standard InChI is InChI=1S/C21H33F3O4/c1-2-3-4-5-6-7-8-13-25-19-14-26-20(27-15-19)17-9-11-18(12-10-17)28-16-21(22,23)24/h9-11,18-20H,2-8,12-16H2,1H3. The number of alkyl halides is 3. The zero-order valence-corrected chi connectivity index (χ0v) is 16.7. The molecule has 162 valence electrons. The second kappa shape index (κ2) is 12.6. The first-order valence-corrected chi connectivity index (χ1v) is 10.4. The molecule has 1 heterocycles. The van der Waals surface area contributed by atoms with Gasteiger partial charge in [0.1, 0.15) is 12.7 Å². The highest BCUT2D eigenvalue weighted by Crippen LogP contribution is 2.24. The van der Waals surface area contributed by atoms with Crippen molar-refractivity contribution in [2.45, 2.75) is 83.0 Å². The lowest BCUT2D eigenvalue weighted by Gasteiger charge is -2.31. The first-order valence-electron chi connectivity index (χ1n) is 10.4. The molecule has 2 aliphatic rings. The van der Waals surface area contributed by atoms with Crippen molar-refractivity contribution in [3.63, 3.8) is 0 Å². The van der Waals surface area contributed by atoms with Crippen molar-refractivity contribution in [3.05, 3.63) is 23.8 Å². The van der Waals surface area contributed by atoms with Crippen LogP contribution in [0.2, 0.25) is 0 Å². The molecule has 0 aromatic carbocycles. The summed E-state index contributed by atoms with van der Waals surface area (Å²) in [5.74, 6) is 0. The molecule has 1 fully saturated rings. The number of unbranched alkanes of at least 4 members (excludes halogenated alkanes) is 6. The Labute approximate surface area is 166 Å². The van der Waals surface area contributed by atoms with Crippen molar-refractivity contribution >= 4 is 0 Å². The third kappa shape index (κ3) is 9.54. The van der Waals surface area contributed by atoms with Crippen molar-refractivity contribution in [3.8, 4) is 0 Å². The average molecular weight is 406 g/mol. The molecule has 1 aliphatic heterocycles. The van der Waals surface area contributed by atoms with E-state index in [1.165, 1.54) is 38.5 Å². The summed E-state index contributed by atoms with van der Waals surface area (Å²) in [6.45, 7) is 2.62. The predicted molar refractivity (Wildman–Crippen MR) is 101 cm³/mol. The van der Waals surface area contributed by atoms with E-state index in [0.717, 1.165) is 18.6 Å². The Morgan fingerprint density at radius 3 is 2.29 bits per heavy atom. The van der Waals surface area contributed by atoms with Crippen molar-refractivity contribution in [1.29, 1.82) is 0 Å². The molecule has 0 amide bonds. The first-order chi connectivity index (χ1) is 13.5. The highest BCUT2D eigenvalue weighted by atomic mass is 19.4. The van der Waals surface area contributed by atoms with Crippen LogP contribution in [0.5, 0.6) is 0 Å². The summed E-state index contributed by atoms with van der Waals surface area (Å²) in [6, 6.07) is 0. The third-order valence-corrected chi connectivity index (χ3v) is 4.79. The SMILES string of the molecule is CCCCCCCCCOC1COC(C2=CCC(OCC(F)(F)F)C=C2)OC1. The van der Waals surface area contributed by atoms with Gasteiger partial charge in [-0.1, -0.05) is 63.7 Å². The molecule has 0 aromatic heterocycles. The Balaban J connectivity index is 1.54. The summed E-state index contributed by atoms with van der Waals surface area (Å²) in [6.07, 6.45) is 8.83. The lowest BCUT2D eigenvalue weighted by molar-refractivity contribution is -0.209. The molecule has 1 unspecified atom stereocenters. The van der Waals surface area contributed by atoms with Gasteiger partial charge in [0, 0.05) is 12.2 Å². The average Bonchev–Trinajstić information content (AvgIpc) is 2.69. The number of ether oxygens (including phenoxy) is 4. The summed E-state index contributed by atoms with van der Waals surface area (Å²) in [4.78, 5) is 0. The van der Waals surface area contributed by atoms with E-state index in [2.05, 4.69) is 6.92 Å². The predicted octanol–water partition coefficient (Wildman–Crippen LogP) is 5.33. The molecule has 1 aliphatic carbocycles. The van der Waals surface area contributed by atoms with Crippen LogP contribution >= 0.6 is 0 Å². The van der Waals surface area contributed by atoms with Gasteiger partial charge in [0.2, 0.25) is 0 Å². The Bertz CT molecular complexity index is 483. The lowest BCUT2D eigenvalue weighted by Crippen LogP contribution is -2.38. The van der Waals surface area contributed by atoms with Crippen LogP contribution in [0.1, 0.15) is 58.3 Å². The molecule has 2 rings (SSSR count). The van der Waals surface area contributed by atoms with Crippen LogP contribution in [0.15, 0.2) is 23.8 Å². The Hall–Kier alpha value is -0.890. The maximum Gasteiger partial charge on any atom is 0.411 e. The Morgan fingerprint density at radius 2 is 1.68 bits per heavy atom. The van der Waals surface area contributed by atoms with Crippen LogP contribution in [-0.2, 0) is 18.9 Å². The van der Waals surface area contributed by atoms with E-state index in [-0.39, 0.29) is 6.10 Å². The van der Waals surface area contributed by atoms with Gasteiger partial charge in [0.05, 0.1) is 19.3 Å². The summed E-state index contributed by atoms with van der Waals surface area (Å²) < 4.78 is 58.7.